The highest BCUT2D eigenvalue weighted by Gasteiger charge is 2.08. The van der Waals surface area contributed by atoms with Crippen molar-refractivity contribution in [3.05, 3.63) is 76.5 Å². The molecule has 0 bridgehead atoms. The molecule has 0 spiro atoms. The quantitative estimate of drug-likeness (QED) is 0.734. The molecule has 1 heterocycles. The lowest BCUT2D eigenvalue weighted by atomic mass is 10.1. The molecule has 3 heteroatoms. The van der Waals surface area contributed by atoms with Crippen LogP contribution in [0.4, 0.5) is 0 Å². The standard InChI is InChI=1S/C18H17BrN2/c1-13(17-4-2-3-5-18(17)19)21-11-14-6-7-16-12-20-9-8-15(16)10-14/h2-10,12-13,21H,11H2,1H3/t13-/m0/s1. The van der Waals surface area contributed by atoms with E-state index in [0.29, 0.717) is 6.04 Å². The first-order valence-electron chi connectivity index (χ1n) is 7.04. The van der Waals surface area contributed by atoms with Crippen molar-refractivity contribution in [3.8, 4) is 0 Å². The fraction of sp³-hybridized carbons (Fsp3) is 0.167. The minimum absolute atomic E-state index is 0.300. The first-order valence-corrected chi connectivity index (χ1v) is 7.84. The molecular weight excluding hydrogens is 324 g/mol. The van der Waals surface area contributed by atoms with E-state index in [9.17, 15) is 0 Å². The molecule has 1 atom stereocenters. The lowest BCUT2D eigenvalue weighted by molar-refractivity contribution is 0.573. The third-order valence-corrected chi connectivity index (χ3v) is 4.41. The van der Waals surface area contributed by atoms with Gasteiger partial charge >= 0.3 is 0 Å². The maximum absolute atomic E-state index is 4.15. The van der Waals surface area contributed by atoms with E-state index in [-0.39, 0.29) is 0 Å². The van der Waals surface area contributed by atoms with E-state index in [1.807, 2.05) is 18.5 Å². The second-order valence-electron chi connectivity index (χ2n) is 5.18. The van der Waals surface area contributed by atoms with Crippen LogP contribution < -0.4 is 5.32 Å². The van der Waals surface area contributed by atoms with Crippen molar-refractivity contribution in [1.29, 1.82) is 0 Å². The molecule has 0 fully saturated rings. The number of halogens is 1. The fourth-order valence-electron chi connectivity index (χ4n) is 2.45. The number of pyridine rings is 1. The molecule has 2 nitrogen and oxygen atoms in total. The summed E-state index contributed by atoms with van der Waals surface area (Å²) in [7, 11) is 0. The number of nitrogens with one attached hydrogen (secondary N) is 1. The Labute approximate surface area is 133 Å². The van der Waals surface area contributed by atoms with Gasteiger partial charge in [-0.15, -0.1) is 0 Å². The molecule has 0 aliphatic heterocycles. The minimum atomic E-state index is 0.300. The molecule has 0 unspecified atom stereocenters. The summed E-state index contributed by atoms with van der Waals surface area (Å²) in [5.74, 6) is 0. The molecule has 0 saturated carbocycles. The van der Waals surface area contributed by atoms with Gasteiger partial charge in [0.25, 0.3) is 0 Å². The zero-order valence-corrected chi connectivity index (χ0v) is 13.5. The van der Waals surface area contributed by atoms with Crippen LogP contribution in [0.1, 0.15) is 24.1 Å². The summed E-state index contributed by atoms with van der Waals surface area (Å²) in [5, 5.41) is 5.99. The maximum Gasteiger partial charge on any atom is 0.0346 e. The summed E-state index contributed by atoms with van der Waals surface area (Å²) in [6.45, 7) is 3.03. The molecule has 1 aromatic heterocycles. The van der Waals surface area contributed by atoms with Crippen molar-refractivity contribution in [1.82, 2.24) is 10.3 Å². The van der Waals surface area contributed by atoms with Gasteiger partial charge in [-0.25, -0.2) is 0 Å². The lowest BCUT2D eigenvalue weighted by Crippen LogP contribution is -2.18. The smallest absolute Gasteiger partial charge is 0.0346 e. The molecule has 0 aliphatic carbocycles. The Balaban J connectivity index is 1.73. The Morgan fingerprint density at radius 3 is 2.81 bits per heavy atom. The van der Waals surface area contributed by atoms with Gasteiger partial charge in [0, 0.05) is 34.8 Å². The molecule has 0 saturated heterocycles. The molecule has 21 heavy (non-hydrogen) atoms. The highest BCUT2D eigenvalue weighted by Crippen LogP contribution is 2.23. The van der Waals surface area contributed by atoms with Gasteiger partial charge in [0.2, 0.25) is 0 Å². The van der Waals surface area contributed by atoms with Crippen LogP contribution in [0.2, 0.25) is 0 Å². The SMILES string of the molecule is C[C@H](NCc1ccc2cnccc2c1)c1ccccc1Br. The third-order valence-electron chi connectivity index (χ3n) is 3.69. The zero-order valence-electron chi connectivity index (χ0n) is 11.9. The van der Waals surface area contributed by atoms with E-state index < -0.39 is 0 Å². The highest BCUT2D eigenvalue weighted by atomic mass is 79.9. The Morgan fingerprint density at radius 1 is 1.10 bits per heavy atom. The van der Waals surface area contributed by atoms with Crippen LogP contribution in [0.25, 0.3) is 10.8 Å². The molecule has 3 aromatic rings. The number of fused-ring (bicyclic) bond motifs is 1. The van der Waals surface area contributed by atoms with Gasteiger partial charge in [-0.2, -0.15) is 0 Å². The molecule has 3 rings (SSSR count). The average Bonchev–Trinajstić information content (AvgIpc) is 2.53. The van der Waals surface area contributed by atoms with Crippen LogP contribution in [-0.4, -0.2) is 4.98 Å². The topological polar surface area (TPSA) is 24.9 Å². The number of hydrogen-bond donors (Lipinski definition) is 1. The van der Waals surface area contributed by atoms with Gasteiger partial charge in [0.15, 0.2) is 0 Å². The molecule has 0 radical (unpaired) electrons. The Kier molecular flexibility index (Phi) is 4.32. The Morgan fingerprint density at radius 2 is 1.95 bits per heavy atom. The van der Waals surface area contributed by atoms with Crippen LogP contribution in [0, 0.1) is 0 Å². The van der Waals surface area contributed by atoms with Gasteiger partial charge in [-0.05, 0) is 41.6 Å². The average molecular weight is 341 g/mol. The molecule has 2 aromatic carbocycles. The predicted octanol–water partition coefficient (Wildman–Crippen LogP) is 4.85. The predicted molar refractivity (Wildman–Crippen MR) is 91.1 cm³/mol. The van der Waals surface area contributed by atoms with E-state index in [1.54, 1.807) is 0 Å². The minimum Gasteiger partial charge on any atom is -0.306 e. The number of benzene rings is 2. The van der Waals surface area contributed by atoms with Gasteiger partial charge in [-0.1, -0.05) is 46.3 Å². The highest BCUT2D eigenvalue weighted by molar-refractivity contribution is 9.10. The molecule has 106 valence electrons. The van der Waals surface area contributed by atoms with E-state index in [0.717, 1.165) is 11.0 Å². The van der Waals surface area contributed by atoms with E-state index in [2.05, 4.69) is 75.6 Å². The number of nitrogens with zero attached hydrogens (tertiary/aromatic N) is 1. The molecule has 0 amide bonds. The molecule has 1 N–H and O–H groups in total. The number of rotatable bonds is 4. The van der Waals surface area contributed by atoms with Crippen LogP contribution in [0.3, 0.4) is 0 Å². The summed E-state index contributed by atoms with van der Waals surface area (Å²) in [6, 6.07) is 17.2. The second kappa shape index (κ2) is 6.37. The largest absolute Gasteiger partial charge is 0.306 e. The van der Waals surface area contributed by atoms with Gasteiger partial charge in [0.05, 0.1) is 0 Å². The molecular formula is C18H17BrN2. The molecule has 0 aliphatic rings. The van der Waals surface area contributed by atoms with E-state index >= 15 is 0 Å². The van der Waals surface area contributed by atoms with Crippen molar-refractivity contribution >= 4 is 26.7 Å². The number of aromatic nitrogens is 1. The summed E-state index contributed by atoms with van der Waals surface area (Å²) >= 11 is 3.61. The van der Waals surface area contributed by atoms with Crippen LogP contribution in [0.5, 0.6) is 0 Å². The van der Waals surface area contributed by atoms with Crippen molar-refractivity contribution in [2.75, 3.05) is 0 Å². The second-order valence-corrected chi connectivity index (χ2v) is 6.04. The number of hydrogen-bond acceptors (Lipinski definition) is 2. The third kappa shape index (κ3) is 3.31. The van der Waals surface area contributed by atoms with Gasteiger partial charge in [0.1, 0.15) is 0 Å². The van der Waals surface area contributed by atoms with Crippen molar-refractivity contribution < 1.29 is 0 Å². The zero-order chi connectivity index (χ0) is 14.7. The van der Waals surface area contributed by atoms with Crippen LogP contribution in [-0.2, 0) is 6.54 Å². The maximum atomic E-state index is 4.15. The van der Waals surface area contributed by atoms with Gasteiger partial charge < -0.3 is 5.32 Å². The van der Waals surface area contributed by atoms with Crippen molar-refractivity contribution in [3.63, 3.8) is 0 Å². The van der Waals surface area contributed by atoms with Gasteiger partial charge in [-0.3, -0.25) is 4.98 Å². The monoisotopic (exact) mass is 340 g/mol. The summed E-state index contributed by atoms with van der Waals surface area (Å²) in [4.78, 5) is 4.15. The fourth-order valence-corrected chi connectivity index (χ4v) is 3.08. The van der Waals surface area contributed by atoms with Crippen molar-refractivity contribution in [2.45, 2.75) is 19.5 Å². The first-order chi connectivity index (χ1) is 10.2. The normalized spacial score (nSPS) is 12.5. The summed E-state index contributed by atoms with van der Waals surface area (Å²) in [6.07, 6.45) is 3.74. The van der Waals surface area contributed by atoms with Crippen molar-refractivity contribution in [2.24, 2.45) is 0 Å². The van der Waals surface area contributed by atoms with E-state index in [1.165, 1.54) is 21.9 Å². The summed E-state index contributed by atoms with van der Waals surface area (Å²) < 4.78 is 1.15. The first kappa shape index (κ1) is 14.2. The van der Waals surface area contributed by atoms with Crippen LogP contribution in [0.15, 0.2) is 65.4 Å². The lowest BCUT2D eigenvalue weighted by Gasteiger charge is -2.16. The van der Waals surface area contributed by atoms with E-state index in [4.69, 9.17) is 0 Å². The Hall–Kier alpha value is -1.71. The van der Waals surface area contributed by atoms with Crippen LogP contribution >= 0.6 is 15.9 Å². The Bertz CT molecular complexity index is 755. The summed E-state index contributed by atoms with van der Waals surface area (Å²) in [5.41, 5.74) is 2.56.